The summed E-state index contributed by atoms with van der Waals surface area (Å²) in [4.78, 5) is 73.3. The molecule has 358 valence electrons. The van der Waals surface area contributed by atoms with Gasteiger partial charge in [0.1, 0.15) is 48.1 Å². The Balaban J connectivity index is 1.25. The highest BCUT2D eigenvalue weighted by atomic mass is 16.6. The number of ether oxygens (including phenoxy) is 5. The first-order valence-corrected chi connectivity index (χ1v) is 23.2. The van der Waals surface area contributed by atoms with Crippen molar-refractivity contribution >= 4 is 40.6 Å². The number of rotatable bonds is 13. The number of cyclic esters (lactones) is 1. The number of imide groups is 1. The number of aromatic amines is 1. The summed E-state index contributed by atoms with van der Waals surface area (Å²) in [5, 5.41) is 12.9. The monoisotopic (exact) mass is 951 g/mol. The first-order chi connectivity index (χ1) is 34.7. The number of nitrogens with zero attached hydrogens (tertiary/aromatic N) is 3. The fourth-order valence-electron chi connectivity index (χ4n) is 10.4. The Bertz CT molecular complexity index is 3140. The van der Waals surface area contributed by atoms with Crippen molar-refractivity contribution in [2.24, 2.45) is 5.92 Å². The zero-order chi connectivity index (χ0) is 49.1. The second kappa shape index (κ2) is 20.0. The number of aromatic nitrogens is 2. The minimum absolute atomic E-state index is 0.0352. The molecule has 6 aromatic carbocycles. The van der Waals surface area contributed by atoms with Gasteiger partial charge in [0.25, 0.3) is 0 Å². The number of imidazole rings is 1. The summed E-state index contributed by atoms with van der Waals surface area (Å²) < 4.78 is 28.9. The largest absolute Gasteiger partial charge is 0.497 e. The average Bonchev–Trinajstić information content (AvgIpc) is 4.05. The van der Waals surface area contributed by atoms with Crippen LogP contribution in [0, 0.1) is 17.8 Å². The van der Waals surface area contributed by atoms with Crippen molar-refractivity contribution in [3.63, 3.8) is 0 Å². The second-order valence-electron chi connectivity index (χ2n) is 17.3. The fraction of sp³-hybridized carbons (Fsp3) is 0.232. The molecule has 0 unspecified atom stereocenters. The number of methoxy groups -OCH3 is 2. The molecule has 10 rings (SSSR count). The highest BCUT2D eigenvalue weighted by Gasteiger charge is 2.75. The average molecular weight is 952 g/mol. The van der Waals surface area contributed by atoms with Gasteiger partial charge in [-0.15, -0.1) is 0 Å². The molecule has 15 heteroatoms. The standard InChI is InChI=1S/C56H49N5O10/c1-67-30-31-70-55(66)60-45-27-24-36(21-20-35-22-25-40(68-2)26-23-35)32-42(45)56(54(60)65)47(52(63)57-34-46-58-43-18-9-10-19-44(43)59-46)49-53(64)71-50(38-14-7-4-8-15-38)48(37-12-5-3-6-13-37)61(49)51(56)39-16-11-17-41(33-39)69-29-28-62/h3-19,22-27,32-33,47-51,62H,28-31,34H2,1-2H3,(H,57,63)(H,58,59)/t47-,48-,49-,50+,51+,56-/m0/s1. The summed E-state index contributed by atoms with van der Waals surface area (Å²) in [5.74, 6) is 4.08. The Hall–Kier alpha value is -8.29. The third-order valence-electron chi connectivity index (χ3n) is 13.3. The molecule has 0 radical (unpaired) electrons. The molecule has 0 aliphatic carbocycles. The van der Waals surface area contributed by atoms with Crippen LogP contribution in [0.4, 0.5) is 10.5 Å². The highest BCUT2D eigenvalue weighted by molar-refractivity contribution is 6.23. The highest BCUT2D eigenvalue weighted by Crippen LogP contribution is 2.66. The smallest absolute Gasteiger partial charge is 0.421 e. The number of morpholine rings is 1. The molecule has 0 bridgehead atoms. The van der Waals surface area contributed by atoms with E-state index in [1.54, 1.807) is 55.6 Å². The summed E-state index contributed by atoms with van der Waals surface area (Å²) in [6, 6.07) is 42.1. The van der Waals surface area contributed by atoms with Crippen LogP contribution in [0.15, 0.2) is 152 Å². The molecule has 6 atom stereocenters. The number of para-hydroxylation sites is 2. The van der Waals surface area contributed by atoms with Gasteiger partial charge < -0.3 is 39.1 Å². The molecule has 3 aliphatic heterocycles. The van der Waals surface area contributed by atoms with E-state index in [1.807, 2.05) is 108 Å². The second-order valence-corrected chi connectivity index (χ2v) is 17.3. The maximum absolute atomic E-state index is 16.5. The van der Waals surface area contributed by atoms with Crippen molar-refractivity contribution in [1.29, 1.82) is 0 Å². The number of H-pyrrole nitrogens is 1. The van der Waals surface area contributed by atoms with Crippen LogP contribution in [0.3, 0.4) is 0 Å². The Morgan fingerprint density at radius 1 is 0.761 bits per heavy atom. The van der Waals surface area contributed by atoms with Crippen molar-refractivity contribution in [3.05, 3.63) is 191 Å². The molecule has 3 N–H and O–H groups in total. The van der Waals surface area contributed by atoms with Gasteiger partial charge in [0, 0.05) is 18.2 Å². The van der Waals surface area contributed by atoms with Gasteiger partial charge in [0.2, 0.25) is 11.8 Å². The van der Waals surface area contributed by atoms with Gasteiger partial charge in [-0.05, 0) is 89.0 Å². The number of carbonyl (C=O) groups excluding carboxylic acids is 4. The van der Waals surface area contributed by atoms with Crippen molar-refractivity contribution < 1.29 is 48.0 Å². The molecule has 1 spiro atoms. The zero-order valence-electron chi connectivity index (χ0n) is 38.8. The van der Waals surface area contributed by atoms with Crippen molar-refractivity contribution in [2.75, 3.05) is 45.5 Å². The minimum Gasteiger partial charge on any atom is -0.497 e. The molecule has 0 saturated carbocycles. The van der Waals surface area contributed by atoms with Crippen LogP contribution >= 0.6 is 0 Å². The number of aliphatic hydroxyl groups excluding tert-OH is 1. The Kier molecular flexibility index (Phi) is 13.1. The number of hydrogen-bond donors (Lipinski definition) is 3. The number of nitrogens with one attached hydrogen (secondary N) is 2. The molecule has 7 aromatic rings. The molecule has 2 saturated heterocycles. The van der Waals surface area contributed by atoms with Crippen LogP contribution in [0.1, 0.15) is 57.4 Å². The van der Waals surface area contributed by atoms with Gasteiger partial charge in [-0.2, -0.15) is 0 Å². The predicted octanol–water partition coefficient (Wildman–Crippen LogP) is 7.11. The van der Waals surface area contributed by atoms with E-state index in [9.17, 15) is 9.90 Å². The summed E-state index contributed by atoms with van der Waals surface area (Å²) in [6.07, 6.45) is -1.95. The van der Waals surface area contributed by atoms with Crippen LogP contribution in [0.5, 0.6) is 11.5 Å². The minimum atomic E-state index is -2.09. The van der Waals surface area contributed by atoms with Crippen molar-refractivity contribution in [2.45, 2.75) is 36.2 Å². The number of carbonyl (C=O) groups is 4. The third-order valence-corrected chi connectivity index (χ3v) is 13.3. The third kappa shape index (κ3) is 8.52. The van der Waals surface area contributed by atoms with E-state index in [0.717, 1.165) is 16.0 Å². The number of aliphatic hydroxyl groups is 1. The Morgan fingerprint density at radius 3 is 2.20 bits per heavy atom. The van der Waals surface area contributed by atoms with E-state index in [0.29, 0.717) is 45.1 Å². The number of esters is 1. The van der Waals surface area contributed by atoms with Gasteiger partial charge >= 0.3 is 12.1 Å². The van der Waals surface area contributed by atoms with E-state index >= 15 is 14.4 Å². The van der Waals surface area contributed by atoms with Crippen molar-refractivity contribution in [1.82, 2.24) is 20.2 Å². The van der Waals surface area contributed by atoms with E-state index in [1.165, 1.54) is 7.11 Å². The predicted molar refractivity (Wildman–Crippen MR) is 261 cm³/mol. The van der Waals surface area contributed by atoms with Gasteiger partial charge in [-0.1, -0.05) is 96.8 Å². The number of benzene rings is 6. The van der Waals surface area contributed by atoms with Gasteiger partial charge in [-0.25, -0.2) is 14.7 Å². The maximum Gasteiger partial charge on any atom is 0.421 e. The molecule has 71 heavy (non-hydrogen) atoms. The van der Waals surface area contributed by atoms with Crippen LogP contribution in [-0.2, 0) is 40.6 Å². The maximum atomic E-state index is 16.5. The number of anilines is 1. The van der Waals surface area contributed by atoms with Crippen LogP contribution < -0.4 is 19.7 Å². The van der Waals surface area contributed by atoms with E-state index in [-0.39, 0.29) is 44.2 Å². The fourth-order valence-corrected chi connectivity index (χ4v) is 10.4. The first-order valence-electron chi connectivity index (χ1n) is 23.2. The topological polar surface area (TPSA) is 182 Å². The number of amides is 3. The molecule has 3 aliphatic rings. The molecule has 3 amide bonds. The molecule has 1 aromatic heterocycles. The molecular formula is C56H49N5O10. The molecule has 4 heterocycles. The van der Waals surface area contributed by atoms with E-state index < -0.39 is 59.4 Å². The lowest BCUT2D eigenvalue weighted by Gasteiger charge is -2.46. The molecular weight excluding hydrogens is 903 g/mol. The van der Waals surface area contributed by atoms with Gasteiger partial charge in [-0.3, -0.25) is 19.3 Å². The molecule has 15 nitrogen and oxygen atoms in total. The lowest BCUT2D eigenvalue weighted by molar-refractivity contribution is -0.178. The SMILES string of the molecule is COCCOC(=O)N1C(=O)[C@@]2(c3cc(C#Cc4ccc(OC)cc4)ccc31)[C@H](C(=O)NCc1nc3ccccc3[nH]1)[C@H]1C(=O)O[C@H](c3ccccc3)[C@H](c3ccccc3)N1[C@@H]2c1cccc(OCCO)c1. The summed E-state index contributed by atoms with van der Waals surface area (Å²) >= 11 is 0. The van der Waals surface area contributed by atoms with E-state index in [4.69, 9.17) is 28.7 Å². The molecule has 2 fully saturated rings. The first kappa shape index (κ1) is 46.4. The summed E-state index contributed by atoms with van der Waals surface area (Å²) in [5.41, 5.74) is 2.76. The number of fused-ring (bicyclic) bond motifs is 4. The summed E-state index contributed by atoms with van der Waals surface area (Å²) in [7, 11) is 3.04. The van der Waals surface area contributed by atoms with Gasteiger partial charge in [0.15, 0.2) is 0 Å². The van der Waals surface area contributed by atoms with Crippen molar-refractivity contribution in [3.8, 4) is 23.3 Å². The normalized spacial score (nSPS) is 21.2. The number of hydrogen-bond acceptors (Lipinski definition) is 12. The van der Waals surface area contributed by atoms with Gasteiger partial charge in [0.05, 0.1) is 61.6 Å². The Labute approximate surface area is 409 Å². The van der Waals surface area contributed by atoms with E-state index in [2.05, 4.69) is 22.1 Å². The van der Waals surface area contributed by atoms with Crippen LogP contribution in [0.25, 0.3) is 11.0 Å². The lowest BCUT2D eigenvalue weighted by atomic mass is 9.65. The Morgan fingerprint density at radius 2 is 1.46 bits per heavy atom. The van der Waals surface area contributed by atoms with Crippen LogP contribution in [-0.4, -0.2) is 90.5 Å². The quantitative estimate of drug-likeness (QED) is 0.0607. The summed E-state index contributed by atoms with van der Waals surface area (Å²) in [6.45, 7) is -0.553. The lowest BCUT2D eigenvalue weighted by Crippen LogP contribution is -2.55. The van der Waals surface area contributed by atoms with Crippen LogP contribution in [0.2, 0.25) is 0 Å². The zero-order valence-corrected chi connectivity index (χ0v) is 38.8.